The molecule has 0 aromatic carbocycles. The van der Waals surface area contributed by atoms with Crippen molar-refractivity contribution in [2.75, 3.05) is 19.7 Å². The summed E-state index contributed by atoms with van der Waals surface area (Å²) in [5, 5.41) is 18.0. The van der Waals surface area contributed by atoms with E-state index in [4.69, 9.17) is 9.84 Å². The molecular formula is C20H30F3N3O3. The number of alkyl halides is 3. The standard InChI is InChI=1S/C20H30F3N3O3/c1-19(2,18(27)28)11-29-16-8-7-14(9-24-16)12-3-5-13(6-4-12)17-25-10-15(26-17)20(21,22)23/h3,8,13-15,17,24-26H,4-7,9-11H2,1-2H3,(H,27,28). The molecule has 3 aliphatic rings. The van der Waals surface area contributed by atoms with Crippen LogP contribution in [0.5, 0.6) is 0 Å². The maximum atomic E-state index is 12.8. The molecule has 0 saturated carbocycles. The van der Waals surface area contributed by atoms with E-state index in [0.29, 0.717) is 18.3 Å². The highest BCUT2D eigenvalue weighted by Gasteiger charge is 2.45. The molecule has 0 aromatic rings. The zero-order valence-electron chi connectivity index (χ0n) is 16.8. The highest BCUT2D eigenvalue weighted by Crippen LogP contribution is 2.34. The molecule has 6 nitrogen and oxygen atoms in total. The molecule has 0 bridgehead atoms. The summed E-state index contributed by atoms with van der Waals surface area (Å²) < 4.78 is 44.1. The molecule has 164 valence electrons. The molecule has 3 rings (SSSR count). The Bertz CT molecular complexity index is 676. The minimum atomic E-state index is -4.21. The van der Waals surface area contributed by atoms with Gasteiger partial charge in [-0.2, -0.15) is 13.2 Å². The molecule has 0 spiro atoms. The number of carboxylic acid groups (broad SMARTS) is 1. The summed E-state index contributed by atoms with van der Waals surface area (Å²) in [6.45, 7) is 3.98. The largest absolute Gasteiger partial charge is 0.481 e. The fraction of sp³-hybridized carbons (Fsp3) is 0.750. The molecule has 1 fully saturated rings. The Labute approximate surface area is 168 Å². The van der Waals surface area contributed by atoms with E-state index < -0.39 is 23.6 Å². The van der Waals surface area contributed by atoms with Crippen LogP contribution >= 0.6 is 0 Å². The summed E-state index contributed by atoms with van der Waals surface area (Å²) in [7, 11) is 0. The highest BCUT2D eigenvalue weighted by atomic mass is 19.4. The van der Waals surface area contributed by atoms with Gasteiger partial charge in [0.25, 0.3) is 0 Å². The number of aliphatic carboxylic acids is 1. The molecule has 4 unspecified atom stereocenters. The molecule has 1 aliphatic carbocycles. The number of halogens is 3. The topological polar surface area (TPSA) is 82.6 Å². The van der Waals surface area contributed by atoms with Gasteiger partial charge in [0.15, 0.2) is 5.88 Å². The molecule has 4 atom stereocenters. The average Bonchev–Trinajstić information content (AvgIpc) is 3.18. The number of nitrogens with one attached hydrogen (secondary N) is 3. The molecule has 2 heterocycles. The first kappa shape index (κ1) is 22.0. The van der Waals surface area contributed by atoms with Crippen LogP contribution in [-0.2, 0) is 9.53 Å². The van der Waals surface area contributed by atoms with E-state index in [0.717, 1.165) is 25.7 Å². The van der Waals surface area contributed by atoms with Crippen LogP contribution in [0.3, 0.4) is 0 Å². The summed E-state index contributed by atoms with van der Waals surface area (Å²) in [4.78, 5) is 11.1. The molecule has 0 amide bonds. The van der Waals surface area contributed by atoms with Gasteiger partial charge in [0.1, 0.15) is 12.6 Å². The zero-order chi connectivity index (χ0) is 21.2. The van der Waals surface area contributed by atoms with Gasteiger partial charge >= 0.3 is 12.1 Å². The lowest BCUT2D eigenvalue weighted by Crippen LogP contribution is -2.45. The van der Waals surface area contributed by atoms with Gasteiger partial charge in [0.05, 0.1) is 11.6 Å². The average molecular weight is 417 g/mol. The molecule has 1 saturated heterocycles. The quantitative estimate of drug-likeness (QED) is 0.498. The van der Waals surface area contributed by atoms with E-state index in [1.807, 2.05) is 6.08 Å². The van der Waals surface area contributed by atoms with Crippen molar-refractivity contribution >= 4 is 5.97 Å². The molecule has 29 heavy (non-hydrogen) atoms. The predicted molar refractivity (Wildman–Crippen MR) is 102 cm³/mol. The van der Waals surface area contributed by atoms with Gasteiger partial charge in [-0.05, 0) is 51.5 Å². The molecule has 4 N–H and O–H groups in total. The summed E-state index contributed by atoms with van der Waals surface area (Å²) >= 11 is 0. The Morgan fingerprint density at radius 1 is 1.24 bits per heavy atom. The Hall–Kier alpha value is -1.74. The van der Waals surface area contributed by atoms with E-state index in [9.17, 15) is 18.0 Å². The lowest BCUT2D eigenvalue weighted by Gasteiger charge is -2.32. The van der Waals surface area contributed by atoms with Crippen molar-refractivity contribution < 1.29 is 27.8 Å². The van der Waals surface area contributed by atoms with Gasteiger partial charge in [0.2, 0.25) is 0 Å². The number of carbonyl (C=O) groups is 1. The van der Waals surface area contributed by atoms with Crippen LogP contribution in [0.4, 0.5) is 13.2 Å². The minimum Gasteiger partial charge on any atom is -0.481 e. The fourth-order valence-electron chi connectivity index (χ4n) is 3.98. The van der Waals surface area contributed by atoms with Crippen LogP contribution < -0.4 is 16.0 Å². The third-order valence-corrected chi connectivity index (χ3v) is 6.08. The highest BCUT2D eigenvalue weighted by molar-refractivity contribution is 5.73. The van der Waals surface area contributed by atoms with Crippen LogP contribution in [0.1, 0.15) is 39.5 Å². The predicted octanol–water partition coefficient (Wildman–Crippen LogP) is 2.74. The maximum Gasteiger partial charge on any atom is 0.405 e. The maximum absolute atomic E-state index is 12.8. The lowest BCUT2D eigenvalue weighted by molar-refractivity contribution is -0.150. The van der Waals surface area contributed by atoms with Crippen molar-refractivity contribution in [1.82, 2.24) is 16.0 Å². The molecular weight excluding hydrogens is 387 g/mol. The lowest BCUT2D eigenvalue weighted by atomic mass is 9.81. The van der Waals surface area contributed by atoms with E-state index in [-0.39, 0.29) is 25.2 Å². The van der Waals surface area contributed by atoms with Crippen LogP contribution in [0.25, 0.3) is 0 Å². The molecule has 0 radical (unpaired) electrons. The Morgan fingerprint density at radius 3 is 2.52 bits per heavy atom. The Morgan fingerprint density at radius 2 is 2.00 bits per heavy atom. The van der Waals surface area contributed by atoms with E-state index >= 15 is 0 Å². The smallest absolute Gasteiger partial charge is 0.405 e. The number of ether oxygens (including phenoxy) is 1. The van der Waals surface area contributed by atoms with Gasteiger partial charge in [-0.25, -0.2) is 0 Å². The van der Waals surface area contributed by atoms with Crippen molar-refractivity contribution in [3.05, 3.63) is 23.6 Å². The SMILES string of the molecule is CC(C)(COC1=CCC(C2=CCC(C3NCC(C(F)(F)F)N3)CC2)CN1)C(=O)O. The van der Waals surface area contributed by atoms with Crippen LogP contribution in [0.2, 0.25) is 0 Å². The monoisotopic (exact) mass is 417 g/mol. The minimum absolute atomic E-state index is 0.0694. The van der Waals surface area contributed by atoms with Crippen molar-refractivity contribution in [1.29, 1.82) is 0 Å². The number of allylic oxidation sites excluding steroid dienone is 2. The number of rotatable bonds is 6. The summed E-state index contributed by atoms with van der Waals surface area (Å²) in [6.07, 6.45) is 2.94. The second-order valence-corrected chi connectivity index (χ2v) is 8.82. The molecule has 2 aliphatic heterocycles. The fourth-order valence-corrected chi connectivity index (χ4v) is 3.98. The van der Waals surface area contributed by atoms with Crippen LogP contribution in [0, 0.1) is 17.3 Å². The Kier molecular flexibility index (Phi) is 6.48. The number of hydrogen-bond donors (Lipinski definition) is 4. The normalized spacial score (nSPS) is 30.9. The van der Waals surface area contributed by atoms with Crippen LogP contribution in [-0.4, -0.2) is 49.2 Å². The first-order chi connectivity index (χ1) is 13.6. The zero-order valence-corrected chi connectivity index (χ0v) is 16.8. The number of hydrogen-bond acceptors (Lipinski definition) is 5. The first-order valence-electron chi connectivity index (χ1n) is 10.1. The summed E-state index contributed by atoms with van der Waals surface area (Å²) in [6, 6.07) is -1.46. The summed E-state index contributed by atoms with van der Waals surface area (Å²) in [5.74, 6) is 0.211. The van der Waals surface area contributed by atoms with Crippen molar-refractivity contribution in [2.45, 2.75) is 57.9 Å². The van der Waals surface area contributed by atoms with Gasteiger partial charge in [-0.15, -0.1) is 0 Å². The van der Waals surface area contributed by atoms with Gasteiger partial charge in [-0.1, -0.05) is 11.6 Å². The van der Waals surface area contributed by atoms with E-state index in [1.165, 1.54) is 5.57 Å². The van der Waals surface area contributed by atoms with Gasteiger partial charge in [-0.3, -0.25) is 15.4 Å². The first-order valence-corrected chi connectivity index (χ1v) is 10.1. The van der Waals surface area contributed by atoms with Crippen molar-refractivity contribution in [3.8, 4) is 0 Å². The van der Waals surface area contributed by atoms with Gasteiger partial charge < -0.3 is 15.2 Å². The van der Waals surface area contributed by atoms with Crippen molar-refractivity contribution in [2.24, 2.45) is 17.3 Å². The van der Waals surface area contributed by atoms with Crippen LogP contribution in [0.15, 0.2) is 23.6 Å². The third-order valence-electron chi connectivity index (χ3n) is 6.08. The molecule has 0 aromatic heterocycles. The molecule has 9 heteroatoms. The second-order valence-electron chi connectivity index (χ2n) is 8.82. The third kappa shape index (κ3) is 5.45. The van der Waals surface area contributed by atoms with E-state index in [2.05, 4.69) is 22.0 Å². The van der Waals surface area contributed by atoms with Gasteiger partial charge in [0, 0.05) is 19.0 Å². The Balaban J connectivity index is 1.46. The second kappa shape index (κ2) is 8.55. The summed E-state index contributed by atoms with van der Waals surface area (Å²) in [5.41, 5.74) is 0.383. The number of carboxylic acids is 1. The van der Waals surface area contributed by atoms with Crippen molar-refractivity contribution in [3.63, 3.8) is 0 Å². The van der Waals surface area contributed by atoms with E-state index in [1.54, 1.807) is 13.8 Å².